The lowest BCUT2D eigenvalue weighted by Crippen LogP contribution is -2.61. The standard InChI is InChI=1S/C11H13N3O4/c15-10-6-17-9-1-3-14(5-8(9)12-10)11(16)7-2-4-18-13-7/h2,4,8-9H,1,3,5-6H2,(H,12,15)/t8-,9-/m0/s1. The smallest absolute Gasteiger partial charge is 0.276 e. The van der Waals surface area contributed by atoms with Crippen LogP contribution in [0.3, 0.4) is 0 Å². The Labute approximate surface area is 103 Å². The summed E-state index contributed by atoms with van der Waals surface area (Å²) in [5, 5.41) is 6.47. The van der Waals surface area contributed by atoms with Gasteiger partial charge in [-0.15, -0.1) is 0 Å². The quantitative estimate of drug-likeness (QED) is 0.720. The molecule has 1 N–H and O–H groups in total. The first-order chi connectivity index (χ1) is 8.74. The number of ether oxygens (including phenoxy) is 1. The van der Waals surface area contributed by atoms with Crippen molar-refractivity contribution < 1.29 is 18.8 Å². The van der Waals surface area contributed by atoms with E-state index in [1.807, 2.05) is 0 Å². The molecule has 18 heavy (non-hydrogen) atoms. The lowest BCUT2D eigenvalue weighted by Gasteiger charge is -2.40. The van der Waals surface area contributed by atoms with Gasteiger partial charge in [-0.05, 0) is 6.42 Å². The molecule has 7 nitrogen and oxygen atoms in total. The highest BCUT2D eigenvalue weighted by atomic mass is 16.5. The van der Waals surface area contributed by atoms with Crippen molar-refractivity contribution in [3.63, 3.8) is 0 Å². The van der Waals surface area contributed by atoms with E-state index in [1.54, 1.807) is 4.90 Å². The third-order valence-corrected chi connectivity index (χ3v) is 3.27. The zero-order chi connectivity index (χ0) is 12.5. The Morgan fingerprint density at radius 1 is 1.56 bits per heavy atom. The molecule has 0 aliphatic carbocycles. The average molecular weight is 251 g/mol. The van der Waals surface area contributed by atoms with Crippen molar-refractivity contribution in [2.45, 2.75) is 18.6 Å². The molecule has 2 aliphatic rings. The highest BCUT2D eigenvalue weighted by Crippen LogP contribution is 2.18. The topological polar surface area (TPSA) is 84.7 Å². The molecule has 2 amide bonds. The minimum atomic E-state index is -0.179. The number of morpholine rings is 1. The first-order valence-corrected chi connectivity index (χ1v) is 5.84. The minimum absolute atomic E-state index is 0.00376. The molecule has 2 fully saturated rings. The maximum atomic E-state index is 12.1. The molecule has 0 unspecified atom stereocenters. The first kappa shape index (κ1) is 11.2. The molecule has 0 bridgehead atoms. The summed E-state index contributed by atoms with van der Waals surface area (Å²) in [6.07, 6.45) is 2.09. The van der Waals surface area contributed by atoms with E-state index < -0.39 is 0 Å². The van der Waals surface area contributed by atoms with E-state index in [0.717, 1.165) is 0 Å². The maximum Gasteiger partial charge on any atom is 0.276 e. The Balaban J connectivity index is 1.69. The van der Waals surface area contributed by atoms with Crippen molar-refractivity contribution in [3.05, 3.63) is 18.0 Å². The third kappa shape index (κ3) is 1.97. The van der Waals surface area contributed by atoms with Crippen LogP contribution in [0.2, 0.25) is 0 Å². The summed E-state index contributed by atoms with van der Waals surface area (Å²) < 4.78 is 10.1. The van der Waals surface area contributed by atoms with Crippen LogP contribution in [0.25, 0.3) is 0 Å². The van der Waals surface area contributed by atoms with Gasteiger partial charge < -0.3 is 19.5 Å². The van der Waals surface area contributed by atoms with Gasteiger partial charge in [0.25, 0.3) is 5.91 Å². The van der Waals surface area contributed by atoms with Gasteiger partial charge in [0, 0.05) is 19.2 Å². The number of hydrogen-bond acceptors (Lipinski definition) is 5. The number of fused-ring (bicyclic) bond motifs is 1. The van der Waals surface area contributed by atoms with Gasteiger partial charge in [-0.25, -0.2) is 0 Å². The Kier molecular flexibility index (Phi) is 2.75. The Bertz CT molecular complexity index is 459. The first-order valence-electron chi connectivity index (χ1n) is 5.84. The molecule has 3 heterocycles. The van der Waals surface area contributed by atoms with Crippen molar-refractivity contribution >= 4 is 11.8 Å². The number of rotatable bonds is 1. The van der Waals surface area contributed by atoms with Gasteiger partial charge >= 0.3 is 0 Å². The van der Waals surface area contributed by atoms with Crippen LogP contribution < -0.4 is 5.32 Å². The monoisotopic (exact) mass is 251 g/mol. The normalized spacial score (nSPS) is 27.6. The van der Waals surface area contributed by atoms with E-state index in [-0.39, 0.29) is 36.3 Å². The number of nitrogens with one attached hydrogen (secondary N) is 1. The summed E-state index contributed by atoms with van der Waals surface area (Å²) >= 11 is 0. The summed E-state index contributed by atoms with van der Waals surface area (Å²) in [6.45, 7) is 1.16. The predicted molar refractivity (Wildman–Crippen MR) is 58.7 cm³/mol. The molecule has 0 aromatic carbocycles. The third-order valence-electron chi connectivity index (χ3n) is 3.27. The molecule has 96 valence electrons. The van der Waals surface area contributed by atoms with Crippen LogP contribution in [0, 0.1) is 0 Å². The van der Waals surface area contributed by atoms with Crippen LogP contribution in [-0.4, -0.2) is 53.7 Å². The van der Waals surface area contributed by atoms with Gasteiger partial charge in [-0.2, -0.15) is 0 Å². The van der Waals surface area contributed by atoms with Crippen molar-refractivity contribution in [3.8, 4) is 0 Å². The zero-order valence-corrected chi connectivity index (χ0v) is 9.67. The van der Waals surface area contributed by atoms with E-state index in [1.165, 1.54) is 12.3 Å². The van der Waals surface area contributed by atoms with Crippen LogP contribution in [0.15, 0.2) is 16.9 Å². The van der Waals surface area contributed by atoms with Gasteiger partial charge in [0.1, 0.15) is 12.9 Å². The average Bonchev–Trinajstić information content (AvgIpc) is 2.90. The molecule has 1 aromatic heterocycles. The second kappa shape index (κ2) is 4.41. The van der Waals surface area contributed by atoms with E-state index in [9.17, 15) is 9.59 Å². The fraction of sp³-hybridized carbons (Fsp3) is 0.545. The summed E-state index contributed by atoms with van der Waals surface area (Å²) in [7, 11) is 0. The number of hydrogen-bond donors (Lipinski definition) is 1. The van der Waals surface area contributed by atoms with Gasteiger partial charge in [0.2, 0.25) is 5.91 Å². The van der Waals surface area contributed by atoms with E-state index in [4.69, 9.17) is 4.74 Å². The second-order valence-corrected chi connectivity index (χ2v) is 4.45. The summed E-state index contributed by atoms with van der Waals surface area (Å²) in [4.78, 5) is 25.0. The second-order valence-electron chi connectivity index (χ2n) is 4.45. The largest absolute Gasteiger partial charge is 0.366 e. The molecule has 2 saturated heterocycles. The summed E-state index contributed by atoms with van der Waals surface area (Å²) in [5.41, 5.74) is 0.288. The van der Waals surface area contributed by atoms with Crippen LogP contribution >= 0.6 is 0 Å². The number of likely N-dealkylation sites (tertiary alicyclic amines) is 1. The highest BCUT2D eigenvalue weighted by Gasteiger charge is 2.36. The van der Waals surface area contributed by atoms with Crippen LogP contribution in [0.1, 0.15) is 16.9 Å². The number of carbonyl (C=O) groups is 2. The van der Waals surface area contributed by atoms with Crippen molar-refractivity contribution in [1.82, 2.24) is 15.4 Å². The molecular weight excluding hydrogens is 238 g/mol. The maximum absolute atomic E-state index is 12.1. The number of carbonyl (C=O) groups excluding carboxylic acids is 2. The Morgan fingerprint density at radius 2 is 2.44 bits per heavy atom. The van der Waals surface area contributed by atoms with E-state index >= 15 is 0 Å². The van der Waals surface area contributed by atoms with Crippen LogP contribution in [0.5, 0.6) is 0 Å². The molecule has 0 spiro atoms. The number of amides is 2. The number of piperidine rings is 1. The van der Waals surface area contributed by atoms with Crippen LogP contribution in [-0.2, 0) is 9.53 Å². The van der Waals surface area contributed by atoms with Gasteiger partial charge in [-0.1, -0.05) is 5.16 Å². The number of aromatic nitrogens is 1. The predicted octanol–water partition coefficient (Wildman–Crippen LogP) is -0.596. The van der Waals surface area contributed by atoms with Gasteiger partial charge in [-0.3, -0.25) is 9.59 Å². The molecular formula is C11H13N3O4. The van der Waals surface area contributed by atoms with Crippen molar-refractivity contribution in [1.29, 1.82) is 0 Å². The lowest BCUT2D eigenvalue weighted by atomic mass is 10.0. The number of nitrogens with zero attached hydrogens (tertiary/aromatic N) is 2. The van der Waals surface area contributed by atoms with Crippen LogP contribution in [0.4, 0.5) is 0 Å². The molecule has 2 atom stereocenters. The summed E-state index contributed by atoms with van der Waals surface area (Å²) in [5.74, 6) is -0.311. The Hall–Kier alpha value is -1.89. The molecule has 7 heteroatoms. The van der Waals surface area contributed by atoms with Crippen molar-refractivity contribution in [2.24, 2.45) is 0 Å². The molecule has 1 aromatic rings. The minimum Gasteiger partial charge on any atom is -0.366 e. The zero-order valence-electron chi connectivity index (χ0n) is 9.67. The van der Waals surface area contributed by atoms with E-state index in [0.29, 0.717) is 19.5 Å². The lowest BCUT2D eigenvalue weighted by molar-refractivity contribution is -0.139. The van der Waals surface area contributed by atoms with E-state index in [2.05, 4.69) is 15.0 Å². The van der Waals surface area contributed by atoms with Gasteiger partial charge in [0.15, 0.2) is 5.69 Å². The fourth-order valence-corrected chi connectivity index (χ4v) is 2.37. The van der Waals surface area contributed by atoms with Gasteiger partial charge in [0.05, 0.1) is 12.1 Å². The molecule has 3 rings (SSSR count). The highest BCUT2D eigenvalue weighted by molar-refractivity contribution is 5.92. The Morgan fingerprint density at radius 3 is 3.22 bits per heavy atom. The molecule has 2 aliphatic heterocycles. The fourth-order valence-electron chi connectivity index (χ4n) is 2.37. The summed E-state index contributed by atoms with van der Waals surface area (Å²) in [6, 6.07) is 1.40. The molecule has 0 radical (unpaired) electrons. The van der Waals surface area contributed by atoms with Crippen molar-refractivity contribution in [2.75, 3.05) is 19.7 Å². The SMILES string of the molecule is O=C1CO[C@H]2CCN(C(=O)c3ccon3)C[C@@H]2N1. The molecule has 0 saturated carbocycles.